The molecule has 1 heterocycles. The summed E-state index contributed by atoms with van der Waals surface area (Å²) in [4.78, 5) is 11.8. The summed E-state index contributed by atoms with van der Waals surface area (Å²) in [6.45, 7) is 0.533. The first-order chi connectivity index (χ1) is 9.75. The molecular formula is C16H15N3O. The monoisotopic (exact) mass is 265 g/mol. The first-order valence-corrected chi connectivity index (χ1v) is 6.51. The van der Waals surface area contributed by atoms with Gasteiger partial charge in [0, 0.05) is 11.4 Å². The molecule has 4 heteroatoms. The van der Waals surface area contributed by atoms with Crippen LogP contribution < -0.4 is 11.2 Å². The van der Waals surface area contributed by atoms with Gasteiger partial charge in [-0.1, -0.05) is 42.5 Å². The zero-order chi connectivity index (χ0) is 13.9. The van der Waals surface area contributed by atoms with Gasteiger partial charge >= 0.3 is 0 Å². The van der Waals surface area contributed by atoms with Gasteiger partial charge in [-0.3, -0.25) is 9.48 Å². The SMILES string of the molecule is NC(Cn1ncc(=O)c2ccccc21)c1ccccc1. The minimum absolute atomic E-state index is 0.0647. The first-order valence-electron chi connectivity index (χ1n) is 6.51. The number of benzene rings is 2. The number of hydrogen-bond acceptors (Lipinski definition) is 3. The molecule has 0 saturated heterocycles. The van der Waals surface area contributed by atoms with Crippen molar-refractivity contribution in [3.63, 3.8) is 0 Å². The predicted octanol–water partition coefficient (Wildman–Crippen LogP) is 2.10. The number of hydrogen-bond donors (Lipinski definition) is 1. The second kappa shape index (κ2) is 5.27. The minimum atomic E-state index is -0.158. The van der Waals surface area contributed by atoms with Gasteiger partial charge in [-0.25, -0.2) is 0 Å². The van der Waals surface area contributed by atoms with Gasteiger partial charge in [0.15, 0.2) is 0 Å². The van der Waals surface area contributed by atoms with Crippen molar-refractivity contribution >= 4 is 10.9 Å². The van der Waals surface area contributed by atoms with Gasteiger partial charge in [-0.15, -0.1) is 0 Å². The van der Waals surface area contributed by atoms with E-state index in [2.05, 4.69) is 5.10 Å². The maximum absolute atomic E-state index is 11.8. The van der Waals surface area contributed by atoms with Crippen LogP contribution in [-0.2, 0) is 6.54 Å². The Kier molecular flexibility index (Phi) is 3.31. The fourth-order valence-corrected chi connectivity index (χ4v) is 2.30. The summed E-state index contributed by atoms with van der Waals surface area (Å²) in [5, 5.41) is 4.87. The Balaban J connectivity index is 2.00. The van der Waals surface area contributed by atoms with E-state index in [-0.39, 0.29) is 11.5 Å². The van der Waals surface area contributed by atoms with Gasteiger partial charge in [-0.05, 0) is 17.7 Å². The van der Waals surface area contributed by atoms with Crippen molar-refractivity contribution in [2.24, 2.45) is 5.73 Å². The molecule has 0 aliphatic rings. The molecule has 0 aliphatic heterocycles. The van der Waals surface area contributed by atoms with Crippen molar-refractivity contribution < 1.29 is 0 Å². The van der Waals surface area contributed by atoms with Crippen molar-refractivity contribution in [1.82, 2.24) is 9.78 Å². The lowest BCUT2D eigenvalue weighted by Crippen LogP contribution is -2.21. The molecule has 20 heavy (non-hydrogen) atoms. The van der Waals surface area contributed by atoms with Gasteiger partial charge in [0.25, 0.3) is 0 Å². The molecule has 2 N–H and O–H groups in total. The van der Waals surface area contributed by atoms with E-state index >= 15 is 0 Å². The number of fused-ring (bicyclic) bond motifs is 1. The molecule has 1 aromatic heterocycles. The molecule has 0 radical (unpaired) electrons. The van der Waals surface area contributed by atoms with Crippen molar-refractivity contribution in [2.45, 2.75) is 12.6 Å². The van der Waals surface area contributed by atoms with Gasteiger partial charge in [0.05, 0.1) is 18.3 Å². The molecule has 3 aromatic rings. The Bertz CT molecular complexity index is 780. The number of rotatable bonds is 3. The average molecular weight is 265 g/mol. The van der Waals surface area contributed by atoms with Crippen molar-refractivity contribution in [2.75, 3.05) is 0 Å². The zero-order valence-corrected chi connectivity index (χ0v) is 10.9. The van der Waals surface area contributed by atoms with E-state index in [4.69, 9.17) is 5.73 Å². The van der Waals surface area contributed by atoms with E-state index < -0.39 is 0 Å². The molecule has 3 rings (SSSR count). The minimum Gasteiger partial charge on any atom is -0.322 e. The summed E-state index contributed by atoms with van der Waals surface area (Å²) in [7, 11) is 0. The topological polar surface area (TPSA) is 60.9 Å². The molecule has 0 bridgehead atoms. The van der Waals surface area contributed by atoms with Crippen molar-refractivity contribution in [3.8, 4) is 0 Å². The van der Waals surface area contributed by atoms with Crippen LogP contribution in [0.3, 0.4) is 0 Å². The Morgan fingerprint density at radius 3 is 2.55 bits per heavy atom. The van der Waals surface area contributed by atoms with Crippen LogP contribution in [0.4, 0.5) is 0 Å². The molecule has 100 valence electrons. The second-order valence-corrected chi connectivity index (χ2v) is 4.73. The standard InChI is InChI=1S/C16H15N3O/c17-14(12-6-2-1-3-7-12)11-19-15-9-5-4-8-13(15)16(20)10-18-19/h1-10,14H,11,17H2. The molecule has 0 aliphatic carbocycles. The van der Waals surface area contributed by atoms with Gasteiger partial charge < -0.3 is 5.73 Å². The second-order valence-electron chi connectivity index (χ2n) is 4.73. The molecule has 0 amide bonds. The fourth-order valence-electron chi connectivity index (χ4n) is 2.30. The summed E-state index contributed by atoms with van der Waals surface area (Å²) < 4.78 is 1.79. The van der Waals surface area contributed by atoms with Crippen LogP contribution in [-0.4, -0.2) is 9.78 Å². The van der Waals surface area contributed by atoms with E-state index in [1.54, 1.807) is 4.68 Å². The Labute approximate surface area is 116 Å². The van der Waals surface area contributed by atoms with E-state index in [1.807, 2.05) is 54.6 Å². The molecule has 2 aromatic carbocycles. The highest BCUT2D eigenvalue weighted by atomic mass is 16.1. The highest BCUT2D eigenvalue weighted by Gasteiger charge is 2.09. The fraction of sp³-hybridized carbons (Fsp3) is 0.125. The molecule has 1 atom stereocenters. The van der Waals surface area contributed by atoms with Gasteiger partial charge in [-0.2, -0.15) is 5.10 Å². The summed E-state index contributed by atoms with van der Waals surface area (Å²) in [6.07, 6.45) is 1.35. The highest BCUT2D eigenvalue weighted by molar-refractivity contribution is 5.77. The predicted molar refractivity (Wildman–Crippen MR) is 79.4 cm³/mol. The van der Waals surface area contributed by atoms with Crippen LogP contribution in [0.25, 0.3) is 10.9 Å². The first kappa shape index (κ1) is 12.6. The van der Waals surface area contributed by atoms with Crippen molar-refractivity contribution in [3.05, 3.63) is 76.6 Å². The van der Waals surface area contributed by atoms with Crippen LogP contribution >= 0.6 is 0 Å². The molecule has 0 saturated carbocycles. The highest BCUT2D eigenvalue weighted by Crippen LogP contribution is 2.14. The maximum atomic E-state index is 11.8. The van der Waals surface area contributed by atoms with Crippen LogP contribution in [0.1, 0.15) is 11.6 Å². The molecule has 0 spiro atoms. The number of nitrogens with zero attached hydrogens (tertiary/aromatic N) is 2. The molecule has 0 fully saturated rings. The Morgan fingerprint density at radius 2 is 1.75 bits per heavy atom. The maximum Gasteiger partial charge on any atom is 0.207 e. The third-order valence-corrected chi connectivity index (χ3v) is 3.36. The van der Waals surface area contributed by atoms with Crippen LogP contribution in [0.15, 0.2) is 65.6 Å². The van der Waals surface area contributed by atoms with E-state index in [0.29, 0.717) is 11.9 Å². The Morgan fingerprint density at radius 1 is 1.05 bits per heavy atom. The summed E-state index contributed by atoms with van der Waals surface area (Å²) >= 11 is 0. The van der Waals surface area contributed by atoms with Gasteiger partial charge in [0.1, 0.15) is 0 Å². The van der Waals surface area contributed by atoms with Crippen LogP contribution in [0.2, 0.25) is 0 Å². The van der Waals surface area contributed by atoms with E-state index in [9.17, 15) is 4.79 Å². The zero-order valence-electron chi connectivity index (χ0n) is 10.9. The summed E-state index contributed by atoms with van der Waals surface area (Å²) in [6, 6.07) is 17.2. The third-order valence-electron chi connectivity index (χ3n) is 3.36. The van der Waals surface area contributed by atoms with Crippen molar-refractivity contribution in [1.29, 1.82) is 0 Å². The number of nitrogens with two attached hydrogens (primary N) is 1. The smallest absolute Gasteiger partial charge is 0.207 e. The lowest BCUT2D eigenvalue weighted by molar-refractivity contribution is 0.535. The largest absolute Gasteiger partial charge is 0.322 e. The third kappa shape index (κ3) is 2.33. The quantitative estimate of drug-likeness (QED) is 0.789. The number of para-hydroxylation sites is 1. The van der Waals surface area contributed by atoms with Crippen LogP contribution in [0, 0.1) is 0 Å². The van der Waals surface area contributed by atoms with Gasteiger partial charge in [0.2, 0.25) is 5.43 Å². The molecule has 1 unspecified atom stereocenters. The molecular weight excluding hydrogens is 250 g/mol. The van der Waals surface area contributed by atoms with E-state index in [1.165, 1.54) is 6.20 Å². The van der Waals surface area contributed by atoms with Crippen LogP contribution in [0.5, 0.6) is 0 Å². The summed E-state index contributed by atoms with van der Waals surface area (Å²) in [5.74, 6) is 0. The number of aromatic nitrogens is 2. The summed E-state index contributed by atoms with van der Waals surface area (Å²) in [5.41, 5.74) is 8.02. The lowest BCUT2D eigenvalue weighted by atomic mass is 10.1. The lowest BCUT2D eigenvalue weighted by Gasteiger charge is -2.15. The normalized spacial score (nSPS) is 12.4. The molecule has 4 nitrogen and oxygen atoms in total. The Hall–Kier alpha value is -2.46. The van der Waals surface area contributed by atoms with E-state index in [0.717, 1.165) is 11.1 Å². The average Bonchev–Trinajstić information content (AvgIpc) is 2.51.